The summed E-state index contributed by atoms with van der Waals surface area (Å²) >= 11 is 0.969. The van der Waals surface area contributed by atoms with Gasteiger partial charge in [-0.2, -0.15) is 17.2 Å². The van der Waals surface area contributed by atoms with Crippen molar-refractivity contribution in [2.45, 2.75) is 4.90 Å². The lowest BCUT2D eigenvalue weighted by atomic mass is 10.1. The number of aromatic nitrogens is 2. The van der Waals surface area contributed by atoms with Crippen molar-refractivity contribution in [3.63, 3.8) is 0 Å². The molecule has 0 aliphatic carbocycles. The summed E-state index contributed by atoms with van der Waals surface area (Å²) in [5, 5.41) is 0. The molecular weight excluding hydrogens is 356 g/mol. The highest BCUT2D eigenvalue weighted by atomic mass is 32.2. The second-order valence-corrected chi connectivity index (χ2v) is 7.33. The van der Waals surface area contributed by atoms with Crippen molar-refractivity contribution in [2.75, 3.05) is 0 Å². The summed E-state index contributed by atoms with van der Waals surface area (Å²) < 4.78 is 39.2. The van der Waals surface area contributed by atoms with E-state index >= 15 is 0 Å². The molecular formula is C18H12N2O3S2. The first-order valence-electron chi connectivity index (χ1n) is 7.45. The molecule has 0 saturated heterocycles. The van der Waals surface area contributed by atoms with Crippen LogP contribution in [0.4, 0.5) is 0 Å². The van der Waals surface area contributed by atoms with Crippen molar-refractivity contribution >= 4 is 32.9 Å². The molecule has 0 aliphatic heterocycles. The predicted octanol–water partition coefficient (Wildman–Crippen LogP) is 4.13. The maximum atomic E-state index is 12.8. The second kappa shape index (κ2) is 6.27. The summed E-state index contributed by atoms with van der Waals surface area (Å²) in [5.41, 5.74) is 2.44. The van der Waals surface area contributed by atoms with Gasteiger partial charge in [-0.3, -0.25) is 0 Å². The van der Waals surface area contributed by atoms with Gasteiger partial charge in [-0.15, -0.1) is 0 Å². The largest absolute Gasteiger partial charge is 0.378 e. The van der Waals surface area contributed by atoms with E-state index in [2.05, 4.69) is 8.75 Å². The van der Waals surface area contributed by atoms with Gasteiger partial charge in [0.05, 0.1) is 11.7 Å². The highest BCUT2D eigenvalue weighted by molar-refractivity contribution is 7.87. The van der Waals surface area contributed by atoms with Crippen LogP contribution in [-0.4, -0.2) is 17.2 Å². The lowest BCUT2D eigenvalue weighted by Gasteiger charge is -2.11. The molecule has 1 aromatic heterocycles. The third kappa shape index (κ3) is 2.99. The van der Waals surface area contributed by atoms with Gasteiger partial charge in [-0.1, -0.05) is 54.6 Å². The summed E-state index contributed by atoms with van der Waals surface area (Å²) in [6.07, 6.45) is 0. The fourth-order valence-corrected chi connectivity index (χ4v) is 4.25. The Morgan fingerprint density at radius 3 is 2.40 bits per heavy atom. The Kier molecular flexibility index (Phi) is 3.95. The Balaban J connectivity index is 1.79. The van der Waals surface area contributed by atoms with Gasteiger partial charge in [-0.05, 0) is 23.8 Å². The molecule has 5 nitrogen and oxygen atoms in total. The van der Waals surface area contributed by atoms with Crippen LogP contribution >= 0.6 is 11.7 Å². The lowest BCUT2D eigenvalue weighted by molar-refractivity contribution is 0.488. The highest BCUT2D eigenvalue weighted by Crippen LogP contribution is 2.32. The zero-order chi connectivity index (χ0) is 17.3. The monoisotopic (exact) mass is 368 g/mol. The van der Waals surface area contributed by atoms with E-state index in [-0.39, 0.29) is 10.6 Å². The van der Waals surface area contributed by atoms with E-state index in [1.165, 1.54) is 6.07 Å². The van der Waals surface area contributed by atoms with E-state index in [0.29, 0.717) is 16.6 Å². The third-order valence-electron chi connectivity index (χ3n) is 3.69. The van der Waals surface area contributed by atoms with Gasteiger partial charge in [0, 0.05) is 5.56 Å². The van der Waals surface area contributed by atoms with Crippen molar-refractivity contribution in [1.29, 1.82) is 0 Å². The van der Waals surface area contributed by atoms with Crippen LogP contribution in [-0.2, 0) is 10.1 Å². The fraction of sp³-hybridized carbons (Fsp3) is 0. The van der Waals surface area contributed by atoms with Gasteiger partial charge in [-0.25, -0.2) is 0 Å². The number of para-hydroxylation sites is 1. The quantitative estimate of drug-likeness (QED) is 0.507. The van der Waals surface area contributed by atoms with Gasteiger partial charge in [0.15, 0.2) is 5.75 Å². The molecule has 0 saturated carbocycles. The number of fused-ring (bicyclic) bond motifs is 1. The molecule has 0 spiro atoms. The molecule has 0 atom stereocenters. The molecule has 4 rings (SSSR count). The predicted molar refractivity (Wildman–Crippen MR) is 97.1 cm³/mol. The number of rotatable bonds is 4. The topological polar surface area (TPSA) is 69.2 Å². The average Bonchev–Trinajstić information content (AvgIpc) is 3.11. The van der Waals surface area contributed by atoms with Gasteiger partial charge in [0.1, 0.15) is 15.9 Å². The van der Waals surface area contributed by atoms with Gasteiger partial charge >= 0.3 is 10.1 Å². The Morgan fingerprint density at radius 1 is 0.800 bits per heavy atom. The van der Waals surface area contributed by atoms with E-state index in [9.17, 15) is 8.42 Å². The molecule has 3 aromatic carbocycles. The van der Waals surface area contributed by atoms with E-state index in [0.717, 1.165) is 17.3 Å². The molecule has 0 bridgehead atoms. The Hall–Kier alpha value is -2.77. The SMILES string of the molecule is O=S(=O)(Oc1ccccc1-c1ccccc1)c1cccc2nsnc12. The molecule has 0 N–H and O–H groups in total. The minimum absolute atomic E-state index is 0.0154. The van der Waals surface area contributed by atoms with E-state index < -0.39 is 10.1 Å². The third-order valence-corrected chi connectivity index (χ3v) is 5.50. The maximum Gasteiger partial charge on any atom is 0.341 e. The minimum Gasteiger partial charge on any atom is -0.378 e. The molecule has 1 heterocycles. The summed E-state index contributed by atoms with van der Waals surface area (Å²) in [4.78, 5) is 0.0154. The fourth-order valence-electron chi connectivity index (χ4n) is 2.54. The van der Waals surface area contributed by atoms with E-state index in [1.54, 1.807) is 24.3 Å². The standard InChI is InChI=1S/C18H12N2O3S2/c21-25(22,17-12-6-10-15-18(17)20-24-19-15)23-16-11-5-4-9-14(16)13-7-2-1-3-8-13/h1-12H. The molecule has 0 aliphatic rings. The molecule has 7 heteroatoms. The van der Waals surface area contributed by atoms with Crippen LogP contribution in [0, 0.1) is 0 Å². The van der Waals surface area contributed by atoms with Crippen molar-refractivity contribution < 1.29 is 12.6 Å². The minimum atomic E-state index is -4.04. The summed E-state index contributed by atoms with van der Waals surface area (Å²) in [5.74, 6) is 0.272. The van der Waals surface area contributed by atoms with E-state index in [1.807, 2.05) is 42.5 Å². The molecule has 0 unspecified atom stereocenters. The number of hydrogen-bond donors (Lipinski definition) is 0. The van der Waals surface area contributed by atoms with Gasteiger partial charge in [0.25, 0.3) is 0 Å². The smallest absolute Gasteiger partial charge is 0.341 e. The van der Waals surface area contributed by atoms with Crippen LogP contribution in [0.25, 0.3) is 22.2 Å². The van der Waals surface area contributed by atoms with Crippen molar-refractivity contribution in [3.8, 4) is 16.9 Å². The molecule has 4 aromatic rings. The molecule has 0 amide bonds. The van der Waals surface area contributed by atoms with Gasteiger partial charge in [0.2, 0.25) is 0 Å². The maximum absolute atomic E-state index is 12.8. The van der Waals surface area contributed by atoms with Crippen molar-refractivity contribution in [1.82, 2.24) is 8.75 Å². The number of hydrogen-bond acceptors (Lipinski definition) is 6. The zero-order valence-corrected chi connectivity index (χ0v) is 14.5. The van der Waals surface area contributed by atoms with Crippen LogP contribution in [0.2, 0.25) is 0 Å². The second-order valence-electron chi connectivity index (χ2n) is 5.29. The summed E-state index contributed by atoms with van der Waals surface area (Å²) in [7, 11) is -4.04. The van der Waals surface area contributed by atoms with Crippen LogP contribution in [0.1, 0.15) is 0 Å². The van der Waals surface area contributed by atoms with E-state index in [4.69, 9.17) is 4.18 Å². The Morgan fingerprint density at radius 2 is 1.56 bits per heavy atom. The Labute approximate surface area is 149 Å². The number of nitrogens with zero attached hydrogens (tertiary/aromatic N) is 2. The summed E-state index contributed by atoms with van der Waals surface area (Å²) in [6, 6.07) is 21.4. The Bertz CT molecular complexity index is 1140. The normalized spacial score (nSPS) is 11.5. The first-order valence-corrected chi connectivity index (χ1v) is 9.59. The molecule has 0 radical (unpaired) electrons. The van der Waals surface area contributed by atoms with Crippen molar-refractivity contribution in [3.05, 3.63) is 72.8 Å². The molecule has 124 valence electrons. The van der Waals surface area contributed by atoms with Crippen LogP contribution in [0.3, 0.4) is 0 Å². The zero-order valence-electron chi connectivity index (χ0n) is 12.9. The summed E-state index contributed by atoms with van der Waals surface area (Å²) in [6.45, 7) is 0. The first kappa shape index (κ1) is 15.7. The molecule has 0 fully saturated rings. The van der Waals surface area contributed by atoms with Crippen molar-refractivity contribution in [2.24, 2.45) is 0 Å². The van der Waals surface area contributed by atoms with Crippen LogP contribution < -0.4 is 4.18 Å². The van der Waals surface area contributed by atoms with Gasteiger partial charge < -0.3 is 4.18 Å². The molecule has 25 heavy (non-hydrogen) atoms. The average molecular weight is 368 g/mol. The lowest BCUT2D eigenvalue weighted by Crippen LogP contribution is -2.11. The van der Waals surface area contributed by atoms with Crippen LogP contribution in [0.5, 0.6) is 5.75 Å². The first-order chi connectivity index (χ1) is 12.1. The highest BCUT2D eigenvalue weighted by Gasteiger charge is 2.23. The van der Waals surface area contributed by atoms with Crippen LogP contribution in [0.15, 0.2) is 77.7 Å². The number of benzene rings is 3.